The van der Waals surface area contributed by atoms with E-state index >= 15 is 0 Å². The number of ether oxygens (including phenoxy) is 1. The zero-order chi connectivity index (χ0) is 27.5. The van der Waals surface area contributed by atoms with Crippen molar-refractivity contribution in [3.63, 3.8) is 0 Å². The van der Waals surface area contributed by atoms with Gasteiger partial charge in [-0.05, 0) is 103 Å². The minimum absolute atomic E-state index is 0.0230. The maximum Gasteiger partial charge on any atom is 0.411 e. The van der Waals surface area contributed by atoms with E-state index in [2.05, 4.69) is 53.5 Å². The summed E-state index contributed by atoms with van der Waals surface area (Å²) in [6, 6.07) is 4.32. The lowest BCUT2D eigenvalue weighted by molar-refractivity contribution is -0.117. The summed E-state index contributed by atoms with van der Waals surface area (Å²) in [5.74, 6) is 1.32. The van der Waals surface area contributed by atoms with Crippen molar-refractivity contribution >= 4 is 29.3 Å². The van der Waals surface area contributed by atoms with Gasteiger partial charge in [-0.25, -0.2) is 14.8 Å². The van der Waals surface area contributed by atoms with Gasteiger partial charge in [0.15, 0.2) is 0 Å². The number of fused-ring (bicyclic) bond motifs is 2. The van der Waals surface area contributed by atoms with Gasteiger partial charge in [-0.15, -0.1) is 0 Å². The summed E-state index contributed by atoms with van der Waals surface area (Å²) < 4.78 is 5.98. The smallest absolute Gasteiger partial charge is 0.411 e. The van der Waals surface area contributed by atoms with Crippen LogP contribution in [0, 0.1) is 19.8 Å². The van der Waals surface area contributed by atoms with Gasteiger partial charge < -0.3 is 15.4 Å². The van der Waals surface area contributed by atoms with E-state index < -0.39 is 16.7 Å². The van der Waals surface area contributed by atoms with Gasteiger partial charge in [0.25, 0.3) is 0 Å². The second-order valence-electron chi connectivity index (χ2n) is 12.8. The summed E-state index contributed by atoms with van der Waals surface area (Å²) in [6.07, 6.45) is 8.24. The first-order chi connectivity index (χ1) is 17.8. The minimum atomic E-state index is -0.573. The molecule has 2 aromatic rings. The second kappa shape index (κ2) is 9.24. The third-order valence-corrected chi connectivity index (χ3v) is 8.23. The highest BCUT2D eigenvalue weighted by Crippen LogP contribution is 2.57. The molecule has 1 aromatic heterocycles. The van der Waals surface area contributed by atoms with Crippen molar-refractivity contribution in [3.05, 3.63) is 40.7 Å². The molecule has 0 radical (unpaired) electrons. The topological polar surface area (TPSA) is 96.5 Å². The van der Waals surface area contributed by atoms with Crippen LogP contribution < -0.4 is 10.6 Å². The molecule has 8 nitrogen and oxygen atoms in total. The van der Waals surface area contributed by atoms with Gasteiger partial charge in [0.05, 0.1) is 11.1 Å². The molecule has 0 atom stereocenters. The zero-order valence-electron chi connectivity index (χ0n) is 23.8. The molecule has 2 saturated carbocycles. The number of nitrogens with one attached hydrogen (secondary N) is 2. The Morgan fingerprint density at radius 3 is 2.32 bits per heavy atom. The molecule has 2 fully saturated rings. The zero-order valence-corrected chi connectivity index (χ0v) is 23.8. The van der Waals surface area contributed by atoms with Crippen molar-refractivity contribution in [1.29, 1.82) is 0 Å². The van der Waals surface area contributed by atoms with Gasteiger partial charge in [-0.1, -0.05) is 19.3 Å². The van der Waals surface area contributed by atoms with E-state index in [1.54, 1.807) is 0 Å². The molecule has 0 saturated heterocycles. The molecular formula is C30H41N5O3. The van der Waals surface area contributed by atoms with Crippen LogP contribution in [0.5, 0.6) is 0 Å². The Kier molecular flexibility index (Phi) is 6.43. The average molecular weight is 520 g/mol. The molecule has 1 aliphatic heterocycles. The number of amides is 2. The molecule has 2 heterocycles. The summed E-state index contributed by atoms with van der Waals surface area (Å²) >= 11 is 0. The van der Waals surface area contributed by atoms with E-state index in [0.29, 0.717) is 11.6 Å². The highest BCUT2D eigenvalue weighted by atomic mass is 16.6. The van der Waals surface area contributed by atoms with E-state index in [4.69, 9.17) is 4.74 Å². The predicted molar refractivity (Wildman–Crippen MR) is 148 cm³/mol. The van der Waals surface area contributed by atoms with Crippen LogP contribution in [0.3, 0.4) is 0 Å². The van der Waals surface area contributed by atoms with E-state index in [9.17, 15) is 9.59 Å². The summed E-state index contributed by atoms with van der Waals surface area (Å²) in [5.41, 5.74) is 3.74. The first-order valence-electron chi connectivity index (χ1n) is 13.9. The first kappa shape index (κ1) is 26.4. The van der Waals surface area contributed by atoms with Crippen LogP contribution in [0.15, 0.2) is 18.5 Å². The number of nitrogens with zero attached hydrogens (tertiary/aromatic N) is 3. The van der Waals surface area contributed by atoms with Crippen LogP contribution in [-0.4, -0.2) is 32.5 Å². The molecule has 2 N–H and O–H groups in total. The van der Waals surface area contributed by atoms with Crippen LogP contribution in [0.2, 0.25) is 0 Å². The lowest BCUT2D eigenvalue weighted by Gasteiger charge is -2.47. The van der Waals surface area contributed by atoms with Crippen molar-refractivity contribution in [2.24, 2.45) is 5.92 Å². The van der Waals surface area contributed by atoms with Gasteiger partial charge in [0.1, 0.15) is 23.6 Å². The molecule has 2 amide bonds. The fourth-order valence-corrected chi connectivity index (χ4v) is 6.55. The predicted octanol–water partition coefficient (Wildman–Crippen LogP) is 6.83. The molecular weight excluding hydrogens is 478 g/mol. The Morgan fingerprint density at radius 1 is 1.03 bits per heavy atom. The number of carbonyl (C=O) groups excluding carboxylic acids is 2. The number of rotatable bonds is 4. The Balaban J connectivity index is 1.54. The SMILES string of the molecule is Cc1cc(Nc2ncnc(NC(=O)C3CC3)c2C)cc2c1C(C)(C)N(C(=O)OC(C)(C)C)C21CCCCC1. The van der Waals surface area contributed by atoms with Crippen LogP contribution in [0.1, 0.15) is 102 Å². The van der Waals surface area contributed by atoms with Crippen LogP contribution >= 0.6 is 0 Å². The number of aromatic nitrogens is 2. The van der Waals surface area contributed by atoms with Gasteiger partial charge in [0.2, 0.25) is 5.91 Å². The van der Waals surface area contributed by atoms with Crippen molar-refractivity contribution in [2.75, 3.05) is 10.6 Å². The third-order valence-electron chi connectivity index (χ3n) is 8.23. The third kappa shape index (κ3) is 4.63. The van der Waals surface area contributed by atoms with E-state index in [-0.39, 0.29) is 17.9 Å². The average Bonchev–Trinajstić information content (AvgIpc) is 3.63. The maximum absolute atomic E-state index is 13.8. The summed E-state index contributed by atoms with van der Waals surface area (Å²) in [4.78, 5) is 36.9. The second-order valence-corrected chi connectivity index (χ2v) is 12.8. The lowest BCUT2D eigenvalue weighted by Crippen LogP contribution is -2.54. The Labute approximate surface area is 226 Å². The van der Waals surface area contributed by atoms with Crippen LogP contribution in [-0.2, 0) is 20.6 Å². The van der Waals surface area contributed by atoms with Crippen molar-refractivity contribution < 1.29 is 14.3 Å². The van der Waals surface area contributed by atoms with Crippen molar-refractivity contribution in [2.45, 2.75) is 110 Å². The molecule has 1 spiro atoms. The van der Waals surface area contributed by atoms with Gasteiger partial charge >= 0.3 is 6.09 Å². The van der Waals surface area contributed by atoms with Gasteiger partial charge in [-0.2, -0.15) is 0 Å². The molecule has 8 heteroatoms. The maximum atomic E-state index is 13.8. The highest BCUT2D eigenvalue weighted by molar-refractivity contribution is 5.94. The summed E-state index contributed by atoms with van der Waals surface area (Å²) in [5, 5.41) is 6.45. The van der Waals surface area contributed by atoms with Gasteiger partial charge in [0, 0.05) is 17.2 Å². The minimum Gasteiger partial charge on any atom is -0.444 e. The van der Waals surface area contributed by atoms with Crippen molar-refractivity contribution in [1.82, 2.24) is 14.9 Å². The molecule has 2 aliphatic carbocycles. The number of hydrogen-bond acceptors (Lipinski definition) is 6. The summed E-state index contributed by atoms with van der Waals surface area (Å²) in [7, 11) is 0. The molecule has 1 aromatic carbocycles. The fraction of sp³-hybridized carbons (Fsp3) is 0.600. The Morgan fingerprint density at radius 2 is 1.68 bits per heavy atom. The Hall–Kier alpha value is -3.16. The molecule has 38 heavy (non-hydrogen) atoms. The standard InChI is InChI=1S/C30H41N5O3/c1-18-15-21(33-24-19(2)25(32-17-31-24)34-26(36)20-11-12-20)16-22-23(18)29(6,7)35(27(37)38-28(3,4)5)30(22)13-9-8-10-14-30/h15-17,20H,8-14H2,1-7H3,(H2,31,32,33,34,36). The van der Waals surface area contributed by atoms with Crippen LogP contribution in [0.4, 0.5) is 22.1 Å². The lowest BCUT2D eigenvalue weighted by atomic mass is 9.76. The fourth-order valence-electron chi connectivity index (χ4n) is 6.55. The largest absolute Gasteiger partial charge is 0.444 e. The summed E-state index contributed by atoms with van der Waals surface area (Å²) in [6.45, 7) is 14.1. The number of carbonyl (C=O) groups is 2. The molecule has 5 rings (SSSR count). The monoisotopic (exact) mass is 519 g/mol. The number of hydrogen-bond donors (Lipinski definition) is 2. The molecule has 0 bridgehead atoms. The first-order valence-corrected chi connectivity index (χ1v) is 13.9. The number of benzene rings is 1. The van der Waals surface area contributed by atoms with Gasteiger partial charge in [-0.3, -0.25) is 9.69 Å². The molecule has 3 aliphatic rings. The molecule has 204 valence electrons. The van der Waals surface area contributed by atoms with E-state index in [1.807, 2.05) is 32.6 Å². The number of anilines is 3. The van der Waals surface area contributed by atoms with Crippen LogP contribution in [0.25, 0.3) is 0 Å². The van der Waals surface area contributed by atoms with E-state index in [1.165, 1.54) is 23.9 Å². The van der Waals surface area contributed by atoms with Crippen molar-refractivity contribution in [3.8, 4) is 0 Å². The molecule has 0 unspecified atom stereocenters. The van der Waals surface area contributed by atoms with E-state index in [0.717, 1.165) is 55.3 Å². The Bertz CT molecular complexity index is 1270. The highest BCUT2D eigenvalue weighted by Gasteiger charge is 2.58. The quantitative estimate of drug-likeness (QED) is 0.460. The normalized spacial score (nSPS) is 19.7. The number of aryl methyl sites for hydroxylation is 1.